The van der Waals surface area contributed by atoms with E-state index in [1.807, 2.05) is 6.07 Å². The summed E-state index contributed by atoms with van der Waals surface area (Å²) in [5.74, 6) is -2.41. The first-order valence-electron chi connectivity index (χ1n) is 27.5. The van der Waals surface area contributed by atoms with Crippen LogP contribution < -0.4 is 31.3 Å². The molecule has 31 heteroatoms. The van der Waals surface area contributed by atoms with E-state index >= 15 is 0 Å². The van der Waals surface area contributed by atoms with Gasteiger partial charge < -0.3 is 115 Å². The lowest BCUT2D eigenvalue weighted by Gasteiger charge is -2.48. The van der Waals surface area contributed by atoms with E-state index in [1.54, 1.807) is 42.5 Å². The van der Waals surface area contributed by atoms with Crippen LogP contribution in [0.4, 0.5) is 0 Å². The molecule has 3 saturated heterocycles. The molecule has 85 heavy (non-hydrogen) atoms. The molecule has 15 atom stereocenters. The van der Waals surface area contributed by atoms with E-state index in [9.17, 15) is 79.5 Å². The summed E-state index contributed by atoms with van der Waals surface area (Å²) in [6.07, 6.45) is -21.2. The van der Waals surface area contributed by atoms with Gasteiger partial charge in [0.05, 0.1) is 59.4 Å². The van der Waals surface area contributed by atoms with Crippen molar-refractivity contribution in [1.82, 2.24) is 31.5 Å². The number of nitrogens with one attached hydrogen (secondary N) is 5. The first kappa shape index (κ1) is 67.9. The molecule has 0 aromatic heterocycles. The summed E-state index contributed by atoms with van der Waals surface area (Å²) in [6.45, 7) is -0.627. The summed E-state index contributed by atoms with van der Waals surface area (Å²) in [7, 11) is 0. The molecule has 0 spiro atoms. The van der Waals surface area contributed by atoms with Gasteiger partial charge in [-0.15, -0.1) is 0 Å². The third-order valence-corrected chi connectivity index (χ3v) is 13.7. The summed E-state index contributed by atoms with van der Waals surface area (Å²) in [4.78, 5) is 86.3. The van der Waals surface area contributed by atoms with Crippen molar-refractivity contribution in [2.24, 2.45) is 0 Å². The van der Waals surface area contributed by atoms with Crippen molar-refractivity contribution < 1.29 is 122 Å². The van der Waals surface area contributed by atoms with Crippen molar-refractivity contribution in [3.05, 3.63) is 66.2 Å². The Bertz CT molecular complexity index is 2510. The smallest absolute Gasteiger partial charge is 0.258 e. The molecule has 4 aliphatic heterocycles. The first-order valence-corrected chi connectivity index (χ1v) is 27.5. The molecule has 0 radical (unpaired) electrons. The van der Waals surface area contributed by atoms with Gasteiger partial charge in [-0.2, -0.15) is 0 Å². The zero-order valence-electron chi connectivity index (χ0n) is 46.5. The number of hydrogen-bond acceptors (Lipinski definition) is 25. The number of amides is 7. The number of aliphatic hydroxyl groups excluding tert-OH is 9. The molecule has 2 aromatic rings. The van der Waals surface area contributed by atoms with Crippen LogP contribution in [0.25, 0.3) is 11.1 Å². The number of benzene rings is 2. The van der Waals surface area contributed by atoms with Crippen LogP contribution in [-0.4, -0.2) is 276 Å². The Balaban J connectivity index is 0.818. The average Bonchev–Trinajstić information content (AvgIpc) is 2.00. The van der Waals surface area contributed by atoms with Gasteiger partial charge >= 0.3 is 0 Å². The molecular formula is C54H76N6O25. The molecule has 14 N–H and O–H groups in total. The maximum atomic E-state index is 12.8. The van der Waals surface area contributed by atoms with E-state index in [0.29, 0.717) is 11.3 Å². The molecule has 4 heterocycles. The van der Waals surface area contributed by atoms with Crippen LogP contribution in [0.15, 0.2) is 60.7 Å². The monoisotopic (exact) mass is 1210 g/mol. The molecule has 4 aliphatic rings. The fraction of sp³-hybridized carbons (Fsp3) is 0.611. The predicted molar refractivity (Wildman–Crippen MR) is 287 cm³/mol. The van der Waals surface area contributed by atoms with Crippen LogP contribution in [-0.2, 0) is 66.7 Å². The minimum Gasteiger partial charge on any atom is -0.484 e. The Hall–Kier alpha value is -6.21. The van der Waals surface area contributed by atoms with Gasteiger partial charge in [0, 0.05) is 63.7 Å². The van der Waals surface area contributed by atoms with Crippen LogP contribution in [0.2, 0.25) is 0 Å². The zero-order chi connectivity index (χ0) is 61.6. The number of carbonyl (C=O) groups is 7. The van der Waals surface area contributed by atoms with E-state index in [1.165, 1.54) is 12.2 Å². The van der Waals surface area contributed by atoms with E-state index in [4.69, 9.17) is 42.6 Å². The van der Waals surface area contributed by atoms with Crippen LogP contribution in [0.5, 0.6) is 5.75 Å². The van der Waals surface area contributed by atoms with Crippen LogP contribution in [0, 0.1) is 0 Å². The largest absolute Gasteiger partial charge is 0.484 e. The van der Waals surface area contributed by atoms with Gasteiger partial charge in [-0.25, -0.2) is 0 Å². The van der Waals surface area contributed by atoms with Crippen molar-refractivity contribution in [1.29, 1.82) is 0 Å². The summed E-state index contributed by atoms with van der Waals surface area (Å²) in [5, 5.41) is 108. The lowest BCUT2D eigenvalue weighted by atomic mass is 9.95. The summed E-state index contributed by atoms with van der Waals surface area (Å²) in [6, 6.07) is 12.5. The highest BCUT2D eigenvalue weighted by Gasteiger charge is 2.54. The molecule has 2 aromatic carbocycles. The molecule has 0 bridgehead atoms. The number of ether oxygens (including phenoxy) is 9. The van der Waals surface area contributed by atoms with Crippen molar-refractivity contribution >= 4 is 41.4 Å². The molecule has 6 rings (SSSR count). The molecule has 7 amide bonds. The van der Waals surface area contributed by atoms with Crippen molar-refractivity contribution in [2.45, 2.75) is 118 Å². The second-order valence-electron chi connectivity index (χ2n) is 19.9. The van der Waals surface area contributed by atoms with Crippen LogP contribution in [0.1, 0.15) is 36.5 Å². The van der Waals surface area contributed by atoms with Gasteiger partial charge in [-0.1, -0.05) is 24.3 Å². The molecule has 31 nitrogen and oxygen atoms in total. The normalized spacial score (nSPS) is 28.4. The Morgan fingerprint density at radius 2 is 1.15 bits per heavy atom. The fourth-order valence-electron chi connectivity index (χ4n) is 9.13. The molecule has 472 valence electrons. The Morgan fingerprint density at radius 1 is 0.565 bits per heavy atom. The van der Waals surface area contributed by atoms with Gasteiger partial charge in [-0.05, 0) is 41.8 Å². The molecule has 0 saturated carbocycles. The van der Waals surface area contributed by atoms with Crippen molar-refractivity contribution in [3.63, 3.8) is 0 Å². The van der Waals surface area contributed by atoms with Crippen molar-refractivity contribution in [2.75, 3.05) is 92.2 Å². The average molecular weight is 1210 g/mol. The third-order valence-electron chi connectivity index (χ3n) is 13.7. The van der Waals surface area contributed by atoms with E-state index < -0.39 is 136 Å². The number of carbonyl (C=O) groups excluding carboxylic acids is 7. The Labute approximate surface area is 487 Å². The summed E-state index contributed by atoms with van der Waals surface area (Å²) < 4.78 is 50.5. The Morgan fingerprint density at radius 3 is 1.81 bits per heavy atom. The van der Waals surface area contributed by atoms with Gasteiger partial charge in [0.15, 0.2) is 25.5 Å². The number of hydrogen-bond donors (Lipinski definition) is 14. The van der Waals surface area contributed by atoms with Crippen molar-refractivity contribution in [3.8, 4) is 16.9 Å². The number of imide groups is 1. The quantitative estimate of drug-likeness (QED) is 0.0233. The highest BCUT2D eigenvalue weighted by Crippen LogP contribution is 2.33. The second kappa shape index (κ2) is 34.2. The fourth-order valence-corrected chi connectivity index (χ4v) is 9.13. The van der Waals surface area contributed by atoms with Crippen LogP contribution >= 0.6 is 0 Å². The number of aliphatic hydroxyl groups is 9. The summed E-state index contributed by atoms with van der Waals surface area (Å²) in [5.41, 5.74) is 1.94. The molecule has 0 aliphatic carbocycles. The minimum absolute atomic E-state index is 0.0112. The van der Waals surface area contributed by atoms with E-state index in [0.717, 1.165) is 23.0 Å². The minimum atomic E-state index is -1.98. The number of rotatable bonds is 33. The third kappa shape index (κ3) is 19.9. The van der Waals surface area contributed by atoms with E-state index in [-0.39, 0.29) is 109 Å². The van der Waals surface area contributed by atoms with Crippen LogP contribution in [0.3, 0.4) is 0 Å². The standard InChI is InChI=1S/C54H76N6O25/c1-29(64)59-42-45(72)49(84-54-48(75)50(44(71)35(26-62)82-54)85-53-47(74)46(73)43(70)34(25-61)81-53)36(27-63)83-52(42)79-19-3-14-55-37(65)12-20-77-22-17-57-39(67)28-80-33-8-6-30(7-9-33)31-4-2-5-32(24-31)51(76)58-16-15-56-38(66)13-21-78-23-18-60-40(68)10-11-41(60)69/h2,4-11,24,34-36,42-50,52-54,61-63,70-75H,3,12-23,25-28H2,1H3,(H,55,65)(H,56,66)(H,57,67)(H,58,76)(H,59,64)/t34-,35-,36-,42-,43+,44+,45-,46+,47-,48-,49-,50+,52-,53-,54+/m1/s1. The van der Waals surface area contributed by atoms with E-state index in [2.05, 4.69) is 26.6 Å². The maximum Gasteiger partial charge on any atom is 0.258 e. The van der Waals surface area contributed by atoms with Gasteiger partial charge in [0.25, 0.3) is 23.6 Å². The van der Waals surface area contributed by atoms with Gasteiger partial charge in [0.1, 0.15) is 78.9 Å². The number of nitrogens with zero attached hydrogens (tertiary/aromatic N) is 1. The SMILES string of the molecule is CC(=O)N[C@H]1[C@H](OCCCNC(=O)CCOCCNC(=O)COc2ccc(-c3cccc(C(=O)NCCNC(=O)CCOCCN4C(=O)C=CC4=O)c3)cc2)O[C@H](CO)[C@@H](O[C@@H]2O[C@H](CO)[C@H](O)[C@H](O[C@H]3O[C@H](CO)[C@H](O)[C@H](O)[C@H]3O)[C@H]2O)[C@@H]1O. The molecule has 3 fully saturated rings. The lowest BCUT2D eigenvalue weighted by Crippen LogP contribution is -2.68. The maximum absolute atomic E-state index is 12.8. The highest BCUT2D eigenvalue weighted by molar-refractivity contribution is 6.12. The summed E-state index contributed by atoms with van der Waals surface area (Å²) >= 11 is 0. The zero-order valence-corrected chi connectivity index (χ0v) is 46.5. The lowest BCUT2D eigenvalue weighted by molar-refractivity contribution is -0.376. The first-order chi connectivity index (χ1) is 40.8. The predicted octanol–water partition coefficient (Wildman–Crippen LogP) is -6.45. The second-order valence-corrected chi connectivity index (χ2v) is 19.9. The molecular weight excluding hydrogens is 1130 g/mol. The highest BCUT2D eigenvalue weighted by atomic mass is 16.8. The topological polar surface area (TPSA) is 448 Å². The molecule has 0 unspecified atom stereocenters. The van der Waals surface area contributed by atoms with Gasteiger partial charge in [0.2, 0.25) is 17.7 Å². The Kier molecular flexibility index (Phi) is 27.3. The van der Waals surface area contributed by atoms with Gasteiger partial charge in [-0.3, -0.25) is 38.5 Å².